The van der Waals surface area contributed by atoms with E-state index >= 15 is 0 Å². The summed E-state index contributed by atoms with van der Waals surface area (Å²) in [5.74, 6) is 0. The van der Waals surface area contributed by atoms with Gasteiger partial charge in [0, 0.05) is 0 Å². The summed E-state index contributed by atoms with van der Waals surface area (Å²) >= 11 is 0. The molecule has 0 aromatic heterocycles. The number of rotatable bonds is 1. The molecule has 0 aliphatic heterocycles. The monoisotopic (exact) mass is 203 g/mol. The highest BCUT2D eigenvalue weighted by molar-refractivity contribution is 5.78. The molecule has 3 rings (SSSR count). The van der Waals surface area contributed by atoms with Crippen molar-refractivity contribution in [2.75, 3.05) is 0 Å². The molecule has 0 bridgehead atoms. The first-order valence-electron chi connectivity index (χ1n) is 5.40. The molecule has 1 radical (unpaired) electrons. The highest BCUT2D eigenvalue weighted by atomic mass is 14.1. The minimum absolute atomic E-state index is 1.17. The van der Waals surface area contributed by atoms with Gasteiger partial charge in [-0.05, 0) is 34.4 Å². The standard InChI is InChI=1S/C16H11/c1-3-7-13(8-4-1)16-11-14-9-5-2-6-10-15(14)12-16/h1-11H. The van der Waals surface area contributed by atoms with Crippen molar-refractivity contribution in [3.05, 3.63) is 72.8 Å². The summed E-state index contributed by atoms with van der Waals surface area (Å²) in [4.78, 5) is 0. The molecule has 0 heteroatoms. The van der Waals surface area contributed by atoms with Gasteiger partial charge in [-0.25, -0.2) is 0 Å². The van der Waals surface area contributed by atoms with E-state index < -0.39 is 0 Å². The SMILES string of the molecule is [c]1c2cccccc-2cc1-c1ccccc1. The van der Waals surface area contributed by atoms with Crippen LogP contribution in [-0.4, -0.2) is 0 Å². The van der Waals surface area contributed by atoms with Crippen LogP contribution in [0.25, 0.3) is 22.3 Å². The molecule has 0 atom stereocenters. The zero-order chi connectivity index (χ0) is 10.8. The fourth-order valence-electron chi connectivity index (χ4n) is 1.91. The smallest absolute Gasteiger partial charge is 0.00141 e. The third-order valence-corrected chi connectivity index (χ3v) is 2.73. The summed E-state index contributed by atoms with van der Waals surface area (Å²) in [5.41, 5.74) is 4.80. The topological polar surface area (TPSA) is 0 Å². The molecule has 0 spiro atoms. The maximum absolute atomic E-state index is 3.43. The van der Waals surface area contributed by atoms with E-state index in [2.05, 4.69) is 54.6 Å². The van der Waals surface area contributed by atoms with Crippen LogP contribution in [-0.2, 0) is 0 Å². The van der Waals surface area contributed by atoms with E-state index in [0.717, 1.165) is 0 Å². The average Bonchev–Trinajstić information content (AvgIpc) is 2.62. The van der Waals surface area contributed by atoms with Crippen molar-refractivity contribution in [3.8, 4) is 22.3 Å². The minimum Gasteiger partial charge on any atom is -0.0622 e. The summed E-state index contributed by atoms with van der Waals surface area (Å²) in [6.45, 7) is 0. The summed E-state index contributed by atoms with van der Waals surface area (Å²) < 4.78 is 0. The van der Waals surface area contributed by atoms with Gasteiger partial charge < -0.3 is 0 Å². The number of benzene rings is 1. The third kappa shape index (κ3) is 1.59. The van der Waals surface area contributed by atoms with Gasteiger partial charge in [0.25, 0.3) is 0 Å². The first-order valence-corrected chi connectivity index (χ1v) is 5.40. The molecule has 0 unspecified atom stereocenters. The second kappa shape index (κ2) is 3.82. The van der Waals surface area contributed by atoms with Crippen molar-refractivity contribution < 1.29 is 0 Å². The van der Waals surface area contributed by atoms with Crippen LogP contribution < -0.4 is 0 Å². The van der Waals surface area contributed by atoms with Crippen LogP contribution in [0.15, 0.2) is 66.7 Å². The van der Waals surface area contributed by atoms with E-state index in [1.165, 1.54) is 22.3 Å². The first kappa shape index (κ1) is 9.17. The lowest BCUT2D eigenvalue weighted by Gasteiger charge is -1.93. The molecular weight excluding hydrogens is 192 g/mol. The molecule has 0 N–H and O–H groups in total. The van der Waals surface area contributed by atoms with Gasteiger partial charge in [0.05, 0.1) is 0 Å². The van der Waals surface area contributed by atoms with Crippen LogP contribution in [0.1, 0.15) is 0 Å². The Balaban J connectivity index is 2.18. The molecule has 2 aliphatic rings. The molecular formula is C16H11. The molecule has 0 amide bonds. The molecule has 0 fully saturated rings. The lowest BCUT2D eigenvalue weighted by Crippen LogP contribution is -1.69. The fourth-order valence-corrected chi connectivity index (χ4v) is 1.91. The van der Waals surface area contributed by atoms with Gasteiger partial charge in [0.1, 0.15) is 0 Å². The van der Waals surface area contributed by atoms with E-state index in [1.54, 1.807) is 0 Å². The predicted octanol–water partition coefficient (Wildman–Crippen LogP) is 4.26. The molecule has 0 saturated carbocycles. The zero-order valence-electron chi connectivity index (χ0n) is 8.85. The van der Waals surface area contributed by atoms with E-state index in [4.69, 9.17) is 0 Å². The highest BCUT2D eigenvalue weighted by Crippen LogP contribution is 2.30. The highest BCUT2D eigenvalue weighted by Gasteiger charge is 2.06. The molecule has 75 valence electrons. The Hall–Kier alpha value is -2.08. The Morgan fingerprint density at radius 1 is 0.562 bits per heavy atom. The minimum atomic E-state index is 1.17. The fraction of sp³-hybridized carbons (Fsp3) is 0. The van der Waals surface area contributed by atoms with E-state index in [9.17, 15) is 0 Å². The lowest BCUT2D eigenvalue weighted by molar-refractivity contribution is 1.67. The summed E-state index contributed by atoms with van der Waals surface area (Å²) in [5, 5.41) is 0. The van der Waals surface area contributed by atoms with Crippen LogP contribution in [0.3, 0.4) is 0 Å². The Labute approximate surface area is 95.5 Å². The number of hydrogen-bond donors (Lipinski definition) is 0. The maximum atomic E-state index is 3.43. The summed E-state index contributed by atoms with van der Waals surface area (Å²) in [6.07, 6.45) is 0. The quantitative estimate of drug-likeness (QED) is 0.554. The van der Waals surface area contributed by atoms with Gasteiger partial charge in [0.2, 0.25) is 0 Å². The van der Waals surface area contributed by atoms with Crippen LogP contribution in [0.5, 0.6) is 0 Å². The maximum Gasteiger partial charge on any atom is -0.00141 e. The molecule has 0 nitrogen and oxygen atoms in total. The summed E-state index contributed by atoms with van der Waals surface area (Å²) in [6, 6.07) is 26.4. The van der Waals surface area contributed by atoms with Crippen molar-refractivity contribution in [1.82, 2.24) is 0 Å². The Morgan fingerprint density at radius 3 is 1.94 bits per heavy atom. The molecule has 16 heavy (non-hydrogen) atoms. The van der Waals surface area contributed by atoms with Gasteiger partial charge in [-0.2, -0.15) is 0 Å². The van der Waals surface area contributed by atoms with E-state index in [0.29, 0.717) is 0 Å². The second-order valence-corrected chi connectivity index (χ2v) is 3.83. The molecule has 2 aliphatic carbocycles. The van der Waals surface area contributed by atoms with E-state index in [-0.39, 0.29) is 0 Å². The van der Waals surface area contributed by atoms with Crippen LogP contribution >= 0.6 is 0 Å². The average molecular weight is 203 g/mol. The summed E-state index contributed by atoms with van der Waals surface area (Å²) in [7, 11) is 0. The van der Waals surface area contributed by atoms with Crippen molar-refractivity contribution in [2.45, 2.75) is 0 Å². The second-order valence-electron chi connectivity index (χ2n) is 3.83. The van der Waals surface area contributed by atoms with Crippen molar-refractivity contribution in [3.63, 3.8) is 0 Å². The molecule has 1 aromatic carbocycles. The first-order chi connectivity index (χ1) is 7.93. The number of fused-ring (bicyclic) bond motifs is 1. The third-order valence-electron chi connectivity index (χ3n) is 2.73. The Kier molecular flexibility index (Phi) is 2.19. The lowest BCUT2D eigenvalue weighted by atomic mass is 10.1. The van der Waals surface area contributed by atoms with Gasteiger partial charge in [-0.15, -0.1) is 0 Å². The van der Waals surface area contributed by atoms with Crippen molar-refractivity contribution >= 4 is 0 Å². The van der Waals surface area contributed by atoms with Crippen LogP contribution in [0.4, 0.5) is 0 Å². The largest absolute Gasteiger partial charge is 0.0622 e. The Bertz CT molecular complexity index is 536. The normalized spacial score (nSPS) is 10.5. The van der Waals surface area contributed by atoms with Crippen molar-refractivity contribution in [2.24, 2.45) is 0 Å². The van der Waals surface area contributed by atoms with Crippen LogP contribution in [0.2, 0.25) is 0 Å². The zero-order valence-corrected chi connectivity index (χ0v) is 8.85. The van der Waals surface area contributed by atoms with E-state index in [1.807, 2.05) is 18.2 Å². The van der Waals surface area contributed by atoms with Crippen molar-refractivity contribution in [1.29, 1.82) is 0 Å². The van der Waals surface area contributed by atoms with Gasteiger partial charge in [0.15, 0.2) is 0 Å². The van der Waals surface area contributed by atoms with Gasteiger partial charge in [-0.1, -0.05) is 60.7 Å². The van der Waals surface area contributed by atoms with Gasteiger partial charge >= 0.3 is 0 Å². The molecule has 0 heterocycles. The molecule has 0 saturated heterocycles. The predicted molar refractivity (Wildman–Crippen MR) is 67.3 cm³/mol. The van der Waals surface area contributed by atoms with Crippen LogP contribution in [0, 0.1) is 6.07 Å². The Morgan fingerprint density at radius 2 is 1.19 bits per heavy atom. The molecule has 1 aromatic rings. The number of hydrogen-bond acceptors (Lipinski definition) is 0. The van der Waals surface area contributed by atoms with Gasteiger partial charge in [-0.3, -0.25) is 0 Å².